The van der Waals surface area contributed by atoms with Crippen LogP contribution in [0.5, 0.6) is 0 Å². The van der Waals surface area contributed by atoms with E-state index in [1.54, 1.807) is 12.6 Å². The predicted octanol–water partition coefficient (Wildman–Crippen LogP) is 1.93. The average molecular weight is 317 g/mol. The molecule has 1 aliphatic heterocycles. The number of furan rings is 1. The van der Waals surface area contributed by atoms with E-state index in [-0.39, 0.29) is 18.0 Å². The minimum absolute atomic E-state index is 0.0177. The second kappa shape index (κ2) is 6.85. The van der Waals surface area contributed by atoms with Gasteiger partial charge in [0.1, 0.15) is 17.9 Å². The lowest BCUT2D eigenvalue weighted by Gasteiger charge is -2.33. The van der Waals surface area contributed by atoms with Gasteiger partial charge < -0.3 is 19.2 Å². The van der Waals surface area contributed by atoms with Crippen molar-refractivity contribution >= 4 is 6.03 Å². The number of hydrogen-bond acceptors (Lipinski definition) is 4. The van der Waals surface area contributed by atoms with E-state index >= 15 is 0 Å². The molecule has 2 aromatic rings. The number of aryl methyl sites for hydroxylation is 1. The number of likely N-dealkylation sites (tertiary alicyclic amines) is 1. The molecule has 7 nitrogen and oxygen atoms in total. The van der Waals surface area contributed by atoms with Crippen LogP contribution in [0.15, 0.2) is 29.1 Å². The maximum absolute atomic E-state index is 12.5. The van der Waals surface area contributed by atoms with Gasteiger partial charge in [0.25, 0.3) is 0 Å². The maximum atomic E-state index is 12.5. The zero-order valence-corrected chi connectivity index (χ0v) is 13.6. The van der Waals surface area contributed by atoms with Crippen molar-refractivity contribution in [3.05, 3.63) is 36.3 Å². The van der Waals surface area contributed by atoms with Crippen LogP contribution in [0.3, 0.4) is 0 Å². The van der Waals surface area contributed by atoms with Crippen LogP contribution in [0, 0.1) is 0 Å². The molecule has 124 valence electrons. The highest BCUT2D eigenvalue weighted by molar-refractivity contribution is 5.74. The molecule has 1 fully saturated rings. The largest absolute Gasteiger partial charge is 0.469 e. The molecular formula is C16H23N5O2. The van der Waals surface area contributed by atoms with E-state index in [0.29, 0.717) is 13.0 Å². The normalized spacial score (nSPS) is 19.6. The van der Waals surface area contributed by atoms with E-state index < -0.39 is 0 Å². The van der Waals surface area contributed by atoms with Gasteiger partial charge in [0.05, 0.1) is 6.26 Å². The Bertz CT molecular complexity index is 637. The van der Waals surface area contributed by atoms with Gasteiger partial charge in [-0.25, -0.2) is 4.79 Å². The van der Waals surface area contributed by atoms with Crippen molar-refractivity contribution in [2.24, 2.45) is 7.05 Å². The number of nitrogens with one attached hydrogen (secondary N) is 1. The minimum Gasteiger partial charge on any atom is -0.469 e. The summed E-state index contributed by atoms with van der Waals surface area (Å²) in [5, 5.41) is 11.2. The molecule has 2 aromatic heterocycles. The lowest BCUT2D eigenvalue weighted by atomic mass is 9.97. The second-order valence-electron chi connectivity index (χ2n) is 6.22. The van der Waals surface area contributed by atoms with Crippen LogP contribution in [0.25, 0.3) is 0 Å². The third-order valence-electron chi connectivity index (χ3n) is 4.28. The standard InChI is InChI=1S/C16H23N5O2/c1-12(9-14-6-4-8-23-14)18-16(22)21-7-3-5-13(10-21)15-19-17-11-20(15)2/h4,6,8,11-13H,3,5,7,9-10H2,1-2H3,(H,18,22)/t12-,13-/m1/s1. The van der Waals surface area contributed by atoms with Crippen LogP contribution < -0.4 is 5.32 Å². The van der Waals surface area contributed by atoms with Crippen molar-refractivity contribution in [1.29, 1.82) is 0 Å². The fraction of sp³-hybridized carbons (Fsp3) is 0.562. The van der Waals surface area contributed by atoms with E-state index in [9.17, 15) is 4.79 Å². The number of piperidine rings is 1. The molecular weight excluding hydrogens is 294 g/mol. The fourth-order valence-electron chi connectivity index (χ4n) is 3.12. The SMILES string of the molecule is C[C@H](Cc1ccco1)NC(=O)N1CCC[C@@H](c2nncn2C)C1. The Labute approximate surface area is 135 Å². The van der Waals surface area contributed by atoms with Gasteiger partial charge in [-0.3, -0.25) is 0 Å². The predicted molar refractivity (Wildman–Crippen MR) is 85.0 cm³/mol. The molecule has 0 aromatic carbocycles. The van der Waals surface area contributed by atoms with Gasteiger partial charge in [-0.05, 0) is 31.9 Å². The first-order valence-corrected chi connectivity index (χ1v) is 8.05. The van der Waals surface area contributed by atoms with E-state index in [4.69, 9.17) is 4.42 Å². The van der Waals surface area contributed by atoms with Gasteiger partial charge in [-0.2, -0.15) is 0 Å². The van der Waals surface area contributed by atoms with Crippen LogP contribution in [0.4, 0.5) is 4.79 Å². The van der Waals surface area contributed by atoms with Crippen LogP contribution in [0.1, 0.15) is 37.3 Å². The van der Waals surface area contributed by atoms with Crippen molar-refractivity contribution in [2.75, 3.05) is 13.1 Å². The van der Waals surface area contributed by atoms with Crippen molar-refractivity contribution in [2.45, 2.75) is 38.1 Å². The van der Waals surface area contributed by atoms with Gasteiger partial charge in [-0.15, -0.1) is 10.2 Å². The number of aromatic nitrogens is 3. The summed E-state index contributed by atoms with van der Waals surface area (Å²) in [4.78, 5) is 14.4. The first-order chi connectivity index (χ1) is 11.1. The van der Waals surface area contributed by atoms with Crippen molar-refractivity contribution in [3.63, 3.8) is 0 Å². The van der Waals surface area contributed by atoms with Gasteiger partial charge in [-0.1, -0.05) is 0 Å². The third-order valence-corrected chi connectivity index (χ3v) is 4.28. The van der Waals surface area contributed by atoms with Crippen molar-refractivity contribution < 1.29 is 9.21 Å². The molecule has 3 rings (SSSR count). The Morgan fingerprint density at radius 3 is 3.13 bits per heavy atom. The highest BCUT2D eigenvalue weighted by atomic mass is 16.3. The molecule has 0 aliphatic carbocycles. The minimum atomic E-state index is -0.0177. The van der Waals surface area contributed by atoms with Crippen molar-refractivity contribution in [3.8, 4) is 0 Å². The monoisotopic (exact) mass is 317 g/mol. The van der Waals surface area contributed by atoms with Crippen LogP contribution in [-0.4, -0.2) is 44.8 Å². The number of amides is 2. The summed E-state index contributed by atoms with van der Waals surface area (Å²) >= 11 is 0. The van der Waals surface area contributed by atoms with Gasteiger partial charge in [0.2, 0.25) is 0 Å². The van der Waals surface area contributed by atoms with E-state index in [1.165, 1.54) is 0 Å². The molecule has 1 N–H and O–H groups in total. The molecule has 0 bridgehead atoms. The Kier molecular flexibility index (Phi) is 4.64. The molecule has 0 unspecified atom stereocenters. The summed E-state index contributed by atoms with van der Waals surface area (Å²) in [7, 11) is 1.94. The quantitative estimate of drug-likeness (QED) is 0.935. The summed E-state index contributed by atoms with van der Waals surface area (Å²) in [6, 6.07) is 3.80. The van der Waals surface area contributed by atoms with Gasteiger partial charge in [0, 0.05) is 38.5 Å². The highest BCUT2D eigenvalue weighted by Crippen LogP contribution is 2.25. The second-order valence-corrected chi connectivity index (χ2v) is 6.22. The Morgan fingerprint density at radius 1 is 1.57 bits per heavy atom. The summed E-state index contributed by atoms with van der Waals surface area (Å²) in [5.74, 6) is 2.09. The van der Waals surface area contributed by atoms with Crippen LogP contribution in [0.2, 0.25) is 0 Å². The van der Waals surface area contributed by atoms with E-state index in [0.717, 1.165) is 31.0 Å². The van der Waals surface area contributed by atoms with Gasteiger partial charge in [0.15, 0.2) is 0 Å². The number of carbonyl (C=O) groups is 1. The Hall–Kier alpha value is -2.31. The fourth-order valence-corrected chi connectivity index (χ4v) is 3.12. The number of carbonyl (C=O) groups excluding carboxylic acids is 1. The number of rotatable bonds is 4. The lowest BCUT2D eigenvalue weighted by Crippen LogP contribution is -2.48. The highest BCUT2D eigenvalue weighted by Gasteiger charge is 2.28. The topological polar surface area (TPSA) is 76.2 Å². The van der Waals surface area contributed by atoms with E-state index in [1.807, 2.05) is 35.6 Å². The smallest absolute Gasteiger partial charge is 0.317 e. The number of urea groups is 1. The molecule has 7 heteroatoms. The summed E-state index contributed by atoms with van der Waals surface area (Å²) < 4.78 is 7.26. The number of hydrogen-bond donors (Lipinski definition) is 1. The summed E-state index contributed by atoms with van der Waals surface area (Å²) in [6.07, 6.45) is 6.08. The number of nitrogens with zero attached hydrogens (tertiary/aromatic N) is 4. The molecule has 2 amide bonds. The Balaban J connectivity index is 1.55. The summed E-state index contributed by atoms with van der Waals surface area (Å²) in [6.45, 7) is 3.46. The Morgan fingerprint density at radius 2 is 2.43 bits per heavy atom. The van der Waals surface area contributed by atoms with E-state index in [2.05, 4.69) is 15.5 Å². The maximum Gasteiger partial charge on any atom is 0.317 e. The first-order valence-electron chi connectivity index (χ1n) is 8.05. The molecule has 0 spiro atoms. The molecule has 1 aliphatic rings. The van der Waals surface area contributed by atoms with Crippen LogP contribution in [-0.2, 0) is 13.5 Å². The molecule has 0 saturated carbocycles. The summed E-state index contributed by atoms with van der Waals surface area (Å²) in [5.41, 5.74) is 0. The molecule has 0 radical (unpaired) electrons. The average Bonchev–Trinajstić information content (AvgIpc) is 3.19. The molecule has 23 heavy (non-hydrogen) atoms. The van der Waals surface area contributed by atoms with Crippen molar-refractivity contribution in [1.82, 2.24) is 25.0 Å². The lowest BCUT2D eigenvalue weighted by molar-refractivity contribution is 0.174. The third kappa shape index (κ3) is 3.72. The van der Waals surface area contributed by atoms with Crippen LogP contribution >= 0.6 is 0 Å². The first kappa shape index (κ1) is 15.6. The van der Waals surface area contributed by atoms with Gasteiger partial charge >= 0.3 is 6.03 Å². The molecule has 1 saturated heterocycles. The molecule has 2 atom stereocenters. The molecule has 3 heterocycles. The zero-order valence-electron chi connectivity index (χ0n) is 13.6. The zero-order chi connectivity index (χ0) is 16.2.